The topological polar surface area (TPSA) is 116 Å². The number of pyridine rings is 1. The lowest BCUT2D eigenvalue weighted by Crippen LogP contribution is -2.25. The number of halogens is 1. The fraction of sp³-hybridized carbons (Fsp3) is 0.0833. The van der Waals surface area contributed by atoms with E-state index in [1.165, 1.54) is 10.7 Å². The predicted molar refractivity (Wildman–Crippen MR) is 126 cm³/mol. The van der Waals surface area contributed by atoms with Gasteiger partial charge in [-0.2, -0.15) is 5.10 Å². The summed E-state index contributed by atoms with van der Waals surface area (Å²) in [6.07, 6.45) is 2.91. The van der Waals surface area contributed by atoms with E-state index in [0.717, 1.165) is 5.39 Å². The molecule has 0 radical (unpaired) electrons. The molecule has 0 fully saturated rings. The van der Waals surface area contributed by atoms with Crippen molar-refractivity contribution >= 4 is 34.0 Å². The predicted octanol–water partition coefficient (Wildman–Crippen LogP) is 4.07. The van der Waals surface area contributed by atoms with Crippen molar-refractivity contribution in [1.82, 2.24) is 19.2 Å². The third-order valence-corrected chi connectivity index (χ3v) is 5.81. The molecule has 9 heteroatoms. The van der Waals surface area contributed by atoms with Gasteiger partial charge in [-0.05, 0) is 42.6 Å². The Morgan fingerprint density at radius 2 is 1.94 bits per heavy atom. The lowest BCUT2D eigenvalue weighted by Gasteiger charge is -2.18. The largest absolute Gasteiger partial charge is 0.477 e. The fourth-order valence-electron chi connectivity index (χ4n) is 3.93. The van der Waals surface area contributed by atoms with Crippen molar-refractivity contribution in [3.8, 4) is 16.9 Å². The Labute approximate surface area is 192 Å². The summed E-state index contributed by atoms with van der Waals surface area (Å²) in [5.74, 6) is -1.11. The Balaban J connectivity index is 1.73. The van der Waals surface area contributed by atoms with Crippen molar-refractivity contribution in [3.63, 3.8) is 0 Å². The third kappa shape index (κ3) is 3.45. The van der Waals surface area contributed by atoms with E-state index in [-0.39, 0.29) is 16.8 Å². The van der Waals surface area contributed by atoms with Gasteiger partial charge in [-0.1, -0.05) is 35.9 Å². The zero-order valence-electron chi connectivity index (χ0n) is 17.4. The summed E-state index contributed by atoms with van der Waals surface area (Å²) >= 11 is 6.36. The van der Waals surface area contributed by atoms with Gasteiger partial charge in [-0.25, -0.2) is 14.3 Å². The van der Waals surface area contributed by atoms with E-state index in [2.05, 4.69) is 10.1 Å². The zero-order chi connectivity index (χ0) is 23.3. The number of hydrogen-bond donors (Lipinski definition) is 2. The van der Waals surface area contributed by atoms with Gasteiger partial charge in [-0.15, -0.1) is 0 Å². The van der Waals surface area contributed by atoms with Gasteiger partial charge in [-0.3, -0.25) is 9.36 Å². The van der Waals surface area contributed by atoms with E-state index in [1.54, 1.807) is 41.1 Å². The molecule has 0 aliphatic carbocycles. The molecule has 0 bridgehead atoms. The highest BCUT2D eigenvalue weighted by molar-refractivity contribution is 6.35. The highest BCUT2D eigenvalue weighted by Gasteiger charge is 2.17. The number of nitrogens with two attached hydrogens (primary N) is 1. The first kappa shape index (κ1) is 20.9. The van der Waals surface area contributed by atoms with Crippen LogP contribution in [0.25, 0.3) is 33.4 Å². The molecular formula is C24H18ClN5O3. The van der Waals surface area contributed by atoms with Crippen LogP contribution in [0, 0.1) is 0 Å². The summed E-state index contributed by atoms with van der Waals surface area (Å²) in [5, 5.41) is 14.9. The Morgan fingerprint density at radius 3 is 2.70 bits per heavy atom. The van der Waals surface area contributed by atoms with Crippen LogP contribution < -0.4 is 11.3 Å². The average molecular weight is 460 g/mol. The van der Waals surface area contributed by atoms with Gasteiger partial charge in [0.25, 0.3) is 5.56 Å². The number of aromatic carboxylic acids is 1. The highest BCUT2D eigenvalue weighted by atomic mass is 35.5. The minimum atomic E-state index is -1.11. The maximum atomic E-state index is 13.5. The summed E-state index contributed by atoms with van der Waals surface area (Å²) in [7, 11) is 0. The Kier molecular flexibility index (Phi) is 4.96. The summed E-state index contributed by atoms with van der Waals surface area (Å²) in [5.41, 5.74) is 8.68. The van der Waals surface area contributed by atoms with Crippen LogP contribution in [0.4, 0.5) is 0 Å². The lowest BCUT2D eigenvalue weighted by molar-refractivity contribution is 0.0698. The molecule has 0 unspecified atom stereocenters. The lowest BCUT2D eigenvalue weighted by atomic mass is 10.1. The summed E-state index contributed by atoms with van der Waals surface area (Å²) in [6, 6.07) is 15.8. The molecule has 164 valence electrons. The van der Waals surface area contributed by atoms with Gasteiger partial charge in [0.05, 0.1) is 22.3 Å². The second kappa shape index (κ2) is 7.84. The van der Waals surface area contributed by atoms with Crippen LogP contribution in [-0.2, 0) is 0 Å². The van der Waals surface area contributed by atoms with E-state index < -0.39 is 12.0 Å². The van der Waals surface area contributed by atoms with Gasteiger partial charge in [0, 0.05) is 29.2 Å². The number of carboxylic acid groups (broad SMARTS) is 1. The fourth-order valence-corrected chi connectivity index (χ4v) is 4.19. The molecular weight excluding hydrogens is 442 g/mol. The van der Waals surface area contributed by atoms with Crippen molar-refractivity contribution in [1.29, 1.82) is 0 Å². The van der Waals surface area contributed by atoms with Gasteiger partial charge in [0.15, 0.2) is 5.65 Å². The van der Waals surface area contributed by atoms with Crippen LogP contribution in [0.2, 0.25) is 5.02 Å². The van der Waals surface area contributed by atoms with Gasteiger partial charge >= 0.3 is 5.97 Å². The SMILES string of the molecule is C[C@H](N)c1cc2cccc(Cl)c2c(=O)n1-c1cccc(-c2ccn3ncc(C(=O)O)c3n2)c1. The van der Waals surface area contributed by atoms with E-state index in [0.29, 0.717) is 33.0 Å². The summed E-state index contributed by atoms with van der Waals surface area (Å²) in [6.45, 7) is 1.81. The number of fused-ring (bicyclic) bond motifs is 2. The minimum Gasteiger partial charge on any atom is -0.477 e. The Hall–Kier alpha value is -4.01. The van der Waals surface area contributed by atoms with E-state index >= 15 is 0 Å². The van der Waals surface area contributed by atoms with Gasteiger partial charge < -0.3 is 10.8 Å². The van der Waals surface area contributed by atoms with E-state index in [1.807, 2.05) is 31.2 Å². The minimum absolute atomic E-state index is 0.00707. The number of carbonyl (C=O) groups is 1. The first-order valence-electron chi connectivity index (χ1n) is 10.1. The van der Waals surface area contributed by atoms with Crippen molar-refractivity contribution < 1.29 is 9.90 Å². The molecule has 0 aliphatic heterocycles. The first-order chi connectivity index (χ1) is 15.8. The molecule has 8 nitrogen and oxygen atoms in total. The molecule has 3 N–H and O–H groups in total. The maximum Gasteiger partial charge on any atom is 0.341 e. The second-order valence-electron chi connectivity index (χ2n) is 7.70. The monoisotopic (exact) mass is 459 g/mol. The van der Waals surface area contributed by atoms with E-state index in [4.69, 9.17) is 17.3 Å². The maximum absolute atomic E-state index is 13.5. The van der Waals surface area contributed by atoms with Crippen molar-refractivity contribution in [2.75, 3.05) is 0 Å². The van der Waals surface area contributed by atoms with Crippen LogP contribution >= 0.6 is 11.6 Å². The molecule has 0 aliphatic rings. The van der Waals surface area contributed by atoms with Gasteiger partial charge in [0.1, 0.15) is 5.56 Å². The summed E-state index contributed by atoms with van der Waals surface area (Å²) in [4.78, 5) is 29.5. The molecule has 0 saturated carbocycles. The number of hydrogen-bond acceptors (Lipinski definition) is 5. The molecule has 1 atom stereocenters. The number of aromatic nitrogens is 4. The molecule has 5 rings (SSSR count). The van der Waals surface area contributed by atoms with E-state index in [9.17, 15) is 14.7 Å². The first-order valence-corrected chi connectivity index (χ1v) is 10.5. The number of nitrogens with zero attached hydrogens (tertiary/aromatic N) is 4. The van der Waals surface area contributed by atoms with Crippen molar-refractivity contribution in [3.05, 3.63) is 93.6 Å². The highest BCUT2D eigenvalue weighted by Crippen LogP contribution is 2.27. The molecule has 5 aromatic rings. The third-order valence-electron chi connectivity index (χ3n) is 5.49. The van der Waals surface area contributed by atoms with Crippen LogP contribution in [0.3, 0.4) is 0 Å². The number of rotatable bonds is 4. The Bertz CT molecular complexity index is 1620. The molecule has 2 aromatic carbocycles. The standard InChI is InChI=1S/C24H18ClN5O3/c1-13(26)20-11-15-5-3-7-18(25)21(15)23(31)30(20)16-6-2-4-14(10-16)19-8-9-29-22(28-19)17(12-27-29)24(32)33/h2-13H,26H2,1H3,(H,32,33)/t13-/m0/s1. The van der Waals surface area contributed by atoms with Crippen LogP contribution in [0.1, 0.15) is 29.0 Å². The molecule has 33 heavy (non-hydrogen) atoms. The molecule has 0 saturated heterocycles. The average Bonchev–Trinajstić information content (AvgIpc) is 3.22. The van der Waals surface area contributed by atoms with Crippen LogP contribution in [0.15, 0.2) is 71.8 Å². The molecule has 0 amide bonds. The van der Waals surface area contributed by atoms with Crippen LogP contribution in [-0.4, -0.2) is 30.2 Å². The van der Waals surface area contributed by atoms with Crippen molar-refractivity contribution in [2.24, 2.45) is 5.73 Å². The number of carboxylic acids is 1. The van der Waals surface area contributed by atoms with Crippen LogP contribution in [0.5, 0.6) is 0 Å². The molecule has 3 aromatic heterocycles. The smallest absolute Gasteiger partial charge is 0.341 e. The van der Waals surface area contributed by atoms with Gasteiger partial charge in [0.2, 0.25) is 0 Å². The van der Waals surface area contributed by atoms with Crippen molar-refractivity contribution in [2.45, 2.75) is 13.0 Å². The molecule has 3 heterocycles. The Morgan fingerprint density at radius 1 is 1.15 bits per heavy atom. The second-order valence-corrected chi connectivity index (χ2v) is 8.10. The normalized spacial score (nSPS) is 12.3. The summed E-state index contributed by atoms with van der Waals surface area (Å²) < 4.78 is 2.96. The molecule has 0 spiro atoms. The quantitative estimate of drug-likeness (QED) is 0.418. The zero-order valence-corrected chi connectivity index (χ0v) is 18.2. The number of benzene rings is 2.